The normalized spacial score (nSPS) is 12.8. The van der Waals surface area contributed by atoms with Crippen LogP contribution in [0.25, 0.3) is 0 Å². The van der Waals surface area contributed by atoms with E-state index < -0.39 is 0 Å². The van der Waals surface area contributed by atoms with E-state index in [0.717, 1.165) is 0 Å². The molecule has 0 saturated carbocycles. The molecule has 1 aromatic rings. The first-order valence-corrected chi connectivity index (χ1v) is 5.06. The van der Waals surface area contributed by atoms with Gasteiger partial charge in [0.2, 0.25) is 0 Å². The molecule has 13 heavy (non-hydrogen) atoms. The molecule has 1 nitrogen and oxygen atoms in total. The molecular formula is C11H15ClO. The molecule has 0 heterocycles. The Hall–Kier alpha value is -0.530. The Bertz CT molecular complexity index is 260. The summed E-state index contributed by atoms with van der Waals surface area (Å²) in [5.41, 5.74) is 2.44. The molecule has 1 atom stereocenters. The number of hydrogen-bond acceptors (Lipinski definition) is 1. The number of benzene rings is 1. The van der Waals surface area contributed by atoms with Crippen molar-refractivity contribution in [2.75, 3.05) is 5.88 Å². The molecule has 0 aliphatic carbocycles. The number of hydrogen-bond donors (Lipinski definition) is 1. The molecule has 0 saturated heterocycles. The van der Waals surface area contributed by atoms with E-state index in [-0.39, 0.29) is 6.10 Å². The highest BCUT2D eigenvalue weighted by atomic mass is 35.5. The summed E-state index contributed by atoms with van der Waals surface area (Å²) in [6.07, 6.45) is 1.06. The van der Waals surface area contributed by atoms with Crippen LogP contribution in [0.15, 0.2) is 24.3 Å². The summed E-state index contributed by atoms with van der Waals surface area (Å²) in [7, 11) is 0. The highest BCUT2D eigenvalue weighted by Gasteiger charge is 2.05. The highest BCUT2D eigenvalue weighted by molar-refractivity contribution is 6.17. The summed E-state index contributed by atoms with van der Waals surface area (Å²) in [5, 5.41) is 9.54. The van der Waals surface area contributed by atoms with Crippen molar-refractivity contribution >= 4 is 11.6 Å². The maximum Gasteiger partial charge on any atom is 0.0592 e. The molecular weight excluding hydrogens is 184 g/mol. The van der Waals surface area contributed by atoms with Crippen molar-refractivity contribution in [3.05, 3.63) is 35.4 Å². The van der Waals surface area contributed by atoms with Gasteiger partial charge in [-0.3, -0.25) is 0 Å². The predicted molar refractivity (Wildman–Crippen MR) is 56.2 cm³/mol. The Labute approximate surface area is 84.4 Å². The molecule has 0 aromatic heterocycles. The van der Waals surface area contributed by atoms with E-state index in [1.54, 1.807) is 0 Å². The average molecular weight is 199 g/mol. The van der Waals surface area contributed by atoms with E-state index in [2.05, 4.69) is 13.0 Å². The van der Waals surface area contributed by atoms with E-state index in [1.807, 2.05) is 18.2 Å². The van der Waals surface area contributed by atoms with Crippen molar-refractivity contribution in [2.45, 2.75) is 25.9 Å². The van der Waals surface area contributed by atoms with Crippen molar-refractivity contribution in [2.24, 2.45) is 0 Å². The number of rotatable bonds is 4. The Morgan fingerprint density at radius 2 is 2.08 bits per heavy atom. The molecule has 0 bridgehead atoms. The van der Waals surface area contributed by atoms with Gasteiger partial charge in [0, 0.05) is 5.88 Å². The van der Waals surface area contributed by atoms with Crippen molar-refractivity contribution < 1.29 is 5.11 Å². The van der Waals surface area contributed by atoms with Crippen LogP contribution in [-0.4, -0.2) is 17.1 Å². The standard InChI is InChI=1S/C11H15ClO/c1-9-4-2-3-5-10(9)8-11(13)6-7-12/h2-5,11,13H,6-8H2,1H3. The minimum Gasteiger partial charge on any atom is -0.393 e. The average Bonchev–Trinajstić information content (AvgIpc) is 2.09. The van der Waals surface area contributed by atoms with Gasteiger partial charge in [0.25, 0.3) is 0 Å². The quantitative estimate of drug-likeness (QED) is 0.738. The molecule has 0 fully saturated rings. The Kier molecular flexibility index (Phi) is 4.26. The highest BCUT2D eigenvalue weighted by Crippen LogP contribution is 2.11. The molecule has 1 unspecified atom stereocenters. The topological polar surface area (TPSA) is 20.2 Å². The third kappa shape index (κ3) is 3.37. The third-order valence-corrected chi connectivity index (χ3v) is 2.38. The van der Waals surface area contributed by atoms with E-state index in [1.165, 1.54) is 11.1 Å². The van der Waals surface area contributed by atoms with Crippen LogP contribution in [0, 0.1) is 6.92 Å². The summed E-state index contributed by atoms with van der Waals surface area (Å²) in [6, 6.07) is 8.11. The van der Waals surface area contributed by atoms with E-state index in [9.17, 15) is 5.11 Å². The lowest BCUT2D eigenvalue weighted by Gasteiger charge is -2.10. The molecule has 1 N–H and O–H groups in total. The predicted octanol–water partition coefficient (Wildman–Crippen LogP) is 2.53. The maximum atomic E-state index is 9.54. The summed E-state index contributed by atoms with van der Waals surface area (Å²) in [4.78, 5) is 0. The monoisotopic (exact) mass is 198 g/mol. The molecule has 0 radical (unpaired) electrons. The summed E-state index contributed by atoms with van der Waals surface area (Å²) < 4.78 is 0. The zero-order valence-corrected chi connectivity index (χ0v) is 8.59. The van der Waals surface area contributed by atoms with Crippen LogP contribution >= 0.6 is 11.6 Å². The second-order valence-electron chi connectivity index (χ2n) is 3.26. The van der Waals surface area contributed by atoms with E-state index in [4.69, 9.17) is 11.6 Å². The number of aliphatic hydroxyl groups excluding tert-OH is 1. The van der Waals surface area contributed by atoms with Gasteiger partial charge in [-0.05, 0) is 30.9 Å². The lowest BCUT2D eigenvalue weighted by Crippen LogP contribution is -2.11. The van der Waals surface area contributed by atoms with E-state index >= 15 is 0 Å². The third-order valence-electron chi connectivity index (χ3n) is 2.16. The van der Waals surface area contributed by atoms with Crippen molar-refractivity contribution in [1.82, 2.24) is 0 Å². The van der Waals surface area contributed by atoms with Gasteiger partial charge in [0.15, 0.2) is 0 Å². The number of aryl methyl sites for hydroxylation is 1. The lowest BCUT2D eigenvalue weighted by molar-refractivity contribution is 0.171. The lowest BCUT2D eigenvalue weighted by atomic mass is 10.0. The zero-order valence-electron chi connectivity index (χ0n) is 7.83. The van der Waals surface area contributed by atoms with Crippen LogP contribution in [0.4, 0.5) is 0 Å². The summed E-state index contributed by atoms with van der Waals surface area (Å²) in [6.45, 7) is 2.06. The molecule has 0 aliphatic rings. The maximum absolute atomic E-state index is 9.54. The molecule has 1 aromatic carbocycles. The largest absolute Gasteiger partial charge is 0.393 e. The fourth-order valence-electron chi connectivity index (χ4n) is 1.32. The van der Waals surface area contributed by atoms with Crippen molar-refractivity contribution in [1.29, 1.82) is 0 Å². The second kappa shape index (κ2) is 5.25. The number of halogens is 1. The Morgan fingerprint density at radius 3 is 2.69 bits per heavy atom. The number of aliphatic hydroxyl groups is 1. The van der Waals surface area contributed by atoms with Crippen molar-refractivity contribution in [3.8, 4) is 0 Å². The van der Waals surface area contributed by atoms with Crippen LogP contribution in [0.2, 0.25) is 0 Å². The number of alkyl halides is 1. The van der Waals surface area contributed by atoms with Crippen LogP contribution in [-0.2, 0) is 6.42 Å². The first-order valence-electron chi connectivity index (χ1n) is 4.52. The minimum atomic E-state index is -0.307. The molecule has 1 rings (SSSR count). The fourth-order valence-corrected chi connectivity index (χ4v) is 1.57. The molecule has 0 amide bonds. The SMILES string of the molecule is Cc1ccccc1CC(O)CCCl. The first kappa shape index (κ1) is 10.6. The second-order valence-corrected chi connectivity index (χ2v) is 3.64. The first-order chi connectivity index (χ1) is 6.24. The smallest absolute Gasteiger partial charge is 0.0592 e. The summed E-state index contributed by atoms with van der Waals surface area (Å²) >= 11 is 5.54. The van der Waals surface area contributed by atoms with Gasteiger partial charge >= 0.3 is 0 Å². The van der Waals surface area contributed by atoms with Gasteiger partial charge < -0.3 is 5.11 Å². The molecule has 0 spiro atoms. The van der Waals surface area contributed by atoms with Gasteiger partial charge in [-0.2, -0.15) is 0 Å². The summed E-state index contributed by atoms with van der Waals surface area (Å²) in [5.74, 6) is 0.521. The van der Waals surface area contributed by atoms with Crippen LogP contribution in [0.1, 0.15) is 17.5 Å². The Balaban J connectivity index is 2.58. The molecule has 72 valence electrons. The van der Waals surface area contributed by atoms with Crippen LogP contribution in [0.5, 0.6) is 0 Å². The van der Waals surface area contributed by atoms with Crippen molar-refractivity contribution in [3.63, 3.8) is 0 Å². The molecule has 2 heteroatoms. The van der Waals surface area contributed by atoms with Gasteiger partial charge in [-0.1, -0.05) is 24.3 Å². The van der Waals surface area contributed by atoms with Gasteiger partial charge in [-0.25, -0.2) is 0 Å². The Morgan fingerprint density at radius 1 is 1.38 bits per heavy atom. The van der Waals surface area contributed by atoms with Crippen LogP contribution < -0.4 is 0 Å². The van der Waals surface area contributed by atoms with Gasteiger partial charge in [0.05, 0.1) is 6.10 Å². The van der Waals surface area contributed by atoms with Crippen LogP contribution in [0.3, 0.4) is 0 Å². The fraction of sp³-hybridized carbons (Fsp3) is 0.455. The molecule has 0 aliphatic heterocycles. The van der Waals surface area contributed by atoms with E-state index in [0.29, 0.717) is 18.7 Å². The van der Waals surface area contributed by atoms with Gasteiger partial charge in [0.1, 0.15) is 0 Å². The zero-order chi connectivity index (χ0) is 9.68. The van der Waals surface area contributed by atoms with Gasteiger partial charge in [-0.15, -0.1) is 11.6 Å². The minimum absolute atomic E-state index is 0.307.